The summed E-state index contributed by atoms with van der Waals surface area (Å²) in [6.45, 7) is 0.458. The molecule has 26 heavy (non-hydrogen) atoms. The minimum absolute atomic E-state index is 0.458. The van der Waals surface area contributed by atoms with E-state index in [1.54, 1.807) is 14.2 Å². The maximum absolute atomic E-state index is 6.00. The van der Waals surface area contributed by atoms with Crippen LogP contribution in [0.1, 0.15) is 18.4 Å². The molecule has 1 fully saturated rings. The number of benzene rings is 2. The lowest BCUT2D eigenvalue weighted by Crippen LogP contribution is -2.00. The van der Waals surface area contributed by atoms with Crippen molar-refractivity contribution in [3.8, 4) is 17.4 Å². The number of fused-ring (bicyclic) bond motifs is 1. The van der Waals surface area contributed by atoms with Crippen LogP contribution in [0.15, 0.2) is 47.6 Å². The number of ether oxygens (including phenoxy) is 3. The second kappa shape index (κ2) is 7.41. The maximum atomic E-state index is 6.00. The van der Waals surface area contributed by atoms with Gasteiger partial charge in [-0.25, -0.2) is 9.97 Å². The van der Waals surface area contributed by atoms with E-state index in [1.807, 2.05) is 23.9 Å². The van der Waals surface area contributed by atoms with E-state index >= 15 is 0 Å². The van der Waals surface area contributed by atoms with Crippen LogP contribution in [-0.2, 0) is 6.61 Å². The van der Waals surface area contributed by atoms with Gasteiger partial charge in [0.25, 0.3) is 0 Å². The minimum atomic E-state index is 0.458. The summed E-state index contributed by atoms with van der Waals surface area (Å²) in [5.41, 5.74) is 1.88. The molecule has 3 aromatic rings. The molecule has 1 saturated carbocycles. The quantitative estimate of drug-likeness (QED) is 0.613. The molecule has 0 bridgehead atoms. The fourth-order valence-corrected chi connectivity index (χ4v) is 3.85. The van der Waals surface area contributed by atoms with E-state index in [-0.39, 0.29) is 0 Å². The topological polar surface area (TPSA) is 53.5 Å². The zero-order chi connectivity index (χ0) is 17.9. The Bertz CT molecular complexity index is 928. The van der Waals surface area contributed by atoms with Gasteiger partial charge in [0.1, 0.15) is 12.9 Å². The molecule has 0 atom stereocenters. The highest BCUT2D eigenvalue weighted by atomic mass is 32.2. The van der Waals surface area contributed by atoms with Gasteiger partial charge in [-0.1, -0.05) is 12.1 Å². The molecule has 134 valence electrons. The van der Waals surface area contributed by atoms with Crippen LogP contribution in [0.5, 0.6) is 17.4 Å². The van der Waals surface area contributed by atoms with Gasteiger partial charge in [0.05, 0.1) is 25.1 Å². The van der Waals surface area contributed by atoms with Gasteiger partial charge in [-0.2, -0.15) is 0 Å². The Hall–Kier alpha value is -2.47. The molecule has 1 aliphatic rings. The van der Waals surface area contributed by atoms with E-state index in [1.165, 1.54) is 24.1 Å². The smallest absolute Gasteiger partial charge is 0.224 e. The zero-order valence-electron chi connectivity index (χ0n) is 14.8. The molecule has 1 aliphatic carbocycles. The van der Waals surface area contributed by atoms with Crippen molar-refractivity contribution in [3.63, 3.8) is 0 Å². The van der Waals surface area contributed by atoms with Gasteiger partial charge in [-0.3, -0.25) is 0 Å². The first-order chi connectivity index (χ1) is 12.8. The Morgan fingerprint density at radius 3 is 2.62 bits per heavy atom. The third-order valence-corrected chi connectivity index (χ3v) is 5.54. The predicted molar refractivity (Wildman–Crippen MR) is 102 cm³/mol. The second-order valence-electron chi connectivity index (χ2n) is 6.16. The number of rotatable bonds is 7. The lowest BCUT2D eigenvalue weighted by atomic mass is 10.2. The van der Waals surface area contributed by atoms with Crippen LogP contribution in [0.25, 0.3) is 10.9 Å². The first-order valence-corrected chi connectivity index (χ1v) is 9.40. The number of methoxy groups -OCH3 is 2. The molecule has 0 radical (unpaired) electrons. The summed E-state index contributed by atoms with van der Waals surface area (Å²) in [6.07, 6.45) is 4.15. The summed E-state index contributed by atoms with van der Waals surface area (Å²) in [6, 6.07) is 12.2. The van der Waals surface area contributed by atoms with E-state index in [0.717, 1.165) is 21.7 Å². The lowest BCUT2D eigenvalue weighted by molar-refractivity contribution is 0.297. The monoisotopic (exact) mass is 368 g/mol. The largest absolute Gasteiger partial charge is 0.493 e. The number of hydrogen-bond donors (Lipinski definition) is 0. The van der Waals surface area contributed by atoms with Crippen LogP contribution < -0.4 is 14.2 Å². The number of nitrogens with zero attached hydrogens (tertiary/aromatic N) is 2. The SMILES string of the molecule is COc1cc2ncnc(OCc3cccc(SC4CC4)c3)c2cc1OC. The summed E-state index contributed by atoms with van der Waals surface area (Å²) >= 11 is 1.95. The van der Waals surface area contributed by atoms with E-state index in [4.69, 9.17) is 14.2 Å². The Morgan fingerprint density at radius 2 is 1.85 bits per heavy atom. The first-order valence-electron chi connectivity index (χ1n) is 8.52. The highest BCUT2D eigenvalue weighted by Crippen LogP contribution is 2.39. The fraction of sp³-hybridized carbons (Fsp3) is 0.300. The number of hydrogen-bond acceptors (Lipinski definition) is 6. The van der Waals surface area contributed by atoms with Gasteiger partial charge in [0.15, 0.2) is 11.5 Å². The minimum Gasteiger partial charge on any atom is -0.493 e. The second-order valence-corrected chi connectivity index (χ2v) is 7.53. The molecule has 1 heterocycles. The van der Waals surface area contributed by atoms with Crippen molar-refractivity contribution in [2.75, 3.05) is 14.2 Å². The molecule has 0 aliphatic heterocycles. The standard InChI is InChI=1S/C20H20N2O3S/c1-23-18-9-16-17(10-19(18)24-2)21-12-22-20(16)25-11-13-4-3-5-15(8-13)26-14-6-7-14/h3-5,8-10,12,14H,6-7,11H2,1-2H3. The van der Waals surface area contributed by atoms with E-state index in [2.05, 4.69) is 34.2 Å². The summed E-state index contributed by atoms with van der Waals surface area (Å²) in [5, 5.41) is 1.59. The summed E-state index contributed by atoms with van der Waals surface area (Å²) in [4.78, 5) is 9.90. The Kier molecular flexibility index (Phi) is 4.84. The summed E-state index contributed by atoms with van der Waals surface area (Å²) in [7, 11) is 3.21. The molecule has 2 aromatic carbocycles. The number of aromatic nitrogens is 2. The third-order valence-electron chi connectivity index (χ3n) is 4.21. The van der Waals surface area contributed by atoms with Crippen LogP contribution in [0, 0.1) is 0 Å². The average molecular weight is 368 g/mol. The highest BCUT2D eigenvalue weighted by molar-refractivity contribution is 8.00. The molecule has 1 aromatic heterocycles. The van der Waals surface area contributed by atoms with Crippen molar-refractivity contribution in [2.24, 2.45) is 0 Å². The van der Waals surface area contributed by atoms with E-state index in [9.17, 15) is 0 Å². The van der Waals surface area contributed by atoms with Crippen LogP contribution in [0.3, 0.4) is 0 Å². The lowest BCUT2D eigenvalue weighted by Gasteiger charge is -2.12. The van der Waals surface area contributed by atoms with Crippen LogP contribution in [0.4, 0.5) is 0 Å². The van der Waals surface area contributed by atoms with Crippen LogP contribution in [-0.4, -0.2) is 29.4 Å². The molecule has 0 unspecified atom stereocenters. The van der Waals surface area contributed by atoms with E-state index in [0.29, 0.717) is 24.0 Å². The van der Waals surface area contributed by atoms with Gasteiger partial charge in [-0.15, -0.1) is 11.8 Å². The molecule has 4 rings (SSSR count). The molecule has 0 N–H and O–H groups in total. The molecular formula is C20H20N2O3S. The molecule has 6 heteroatoms. The third kappa shape index (κ3) is 3.70. The van der Waals surface area contributed by atoms with Crippen molar-refractivity contribution in [1.29, 1.82) is 0 Å². The molecule has 0 spiro atoms. The van der Waals surface area contributed by atoms with Crippen molar-refractivity contribution in [2.45, 2.75) is 29.6 Å². The van der Waals surface area contributed by atoms with Crippen molar-refractivity contribution >= 4 is 22.7 Å². The van der Waals surface area contributed by atoms with Crippen LogP contribution in [0.2, 0.25) is 0 Å². The van der Waals surface area contributed by atoms with E-state index < -0.39 is 0 Å². The number of thioether (sulfide) groups is 1. The molecule has 0 amide bonds. The highest BCUT2D eigenvalue weighted by Gasteiger charge is 2.22. The van der Waals surface area contributed by atoms with Gasteiger partial charge in [-0.05, 0) is 36.6 Å². The Labute approximate surface area is 156 Å². The van der Waals surface area contributed by atoms with Gasteiger partial charge < -0.3 is 14.2 Å². The normalized spacial score (nSPS) is 13.6. The van der Waals surface area contributed by atoms with Crippen LogP contribution >= 0.6 is 11.8 Å². The zero-order valence-corrected chi connectivity index (χ0v) is 15.6. The van der Waals surface area contributed by atoms with Gasteiger partial charge in [0, 0.05) is 16.2 Å². The predicted octanol–water partition coefficient (Wildman–Crippen LogP) is 4.48. The Morgan fingerprint density at radius 1 is 1.04 bits per heavy atom. The summed E-state index contributed by atoms with van der Waals surface area (Å²) in [5.74, 6) is 1.80. The first kappa shape index (κ1) is 17.0. The van der Waals surface area contributed by atoms with Gasteiger partial charge >= 0.3 is 0 Å². The molecule has 0 saturated heterocycles. The Balaban J connectivity index is 1.57. The summed E-state index contributed by atoms with van der Waals surface area (Å²) < 4.78 is 16.7. The van der Waals surface area contributed by atoms with Crippen molar-refractivity contribution < 1.29 is 14.2 Å². The fourth-order valence-electron chi connectivity index (χ4n) is 2.71. The molecule has 5 nitrogen and oxygen atoms in total. The van der Waals surface area contributed by atoms with Gasteiger partial charge in [0.2, 0.25) is 5.88 Å². The van der Waals surface area contributed by atoms with Crippen molar-refractivity contribution in [3.05, 3.63) is 48.3 Å². The van der Waals surface area contributed by atoms with Crippen molar-refractivity contribution in [1.82, 2.24) is 9.97 Å². The maximum Gasteiger partial charge on any atom is 0.224 e. The molecular weight excluding hydrogens is 348 g/mol. The average Bonchev–Trinajstić information content (AvgIpc) is 3.49.